The molecule has 1 aromatic heterocycles. The van der Waals surface area contributed by atoms with Crippen LogP contribution in [0.25, 0.3) is 0 Å². The Labute approximate surface area is 138 Å². The minimum absolute atomic E-state index is 0.256. The van der Waals surface area contributed by atoms with Gasteiger partial charge in [-0.25, -0.2) is 4.79 Å². The molecule has 0 N–H and O–H groups in total. The molecule has 2 heterocycles. The van der Waals surface area contributed by atoms with Gasteiger partial charge in [0.15, 0.2) is 0 Å². The first-order valence-corrected chi connectivity index (χ1v) is 8.69. The highest BCUT2D eigenvalue weighted by Crippen LogP contribution is 2.29. The van der Waals surface area contributed by atoms with E-state index in [-0.39, 0.29) is 11.7 Å². The van der Waals surface area contributed by atoms with Crippen molar-refractivity contribution in [2.75, 3.05) is 13.1 Å². The van der Waals surface area contributed by atoms with Gasteiger partial charge in [0, 0.05) is 21.3 Å². The molecular weight excluding hydrogens is 354 g/mol. The number of hydrogen-bond donors (Lipinski definition) is 0. The summed E-state index contributed by atoms with van der Waals surface area (Å²) in [6, 6.07) is 2.06. The van der Waals surface area contributed by atoms with Crippen molar-refractivity contribution < 1.29 is 14.3 Å². The zero-order valence-electron chi connectivity index (χ0n) is 12.9. The number of thiophene rings is 1. The van der Waals surface area contributed by atoms with E-state index < -0.39 is 5.60 Å². The molecule has 4 nitrogen and oxygen atoms in total. The zero-order chi connectivity index (χ0) is 15.7. The average molecular weight is 376 g/mol. The summed E-state index contributed by atoms with van der Waals surface area (Å²) in [4.78, 5) is 15.0. The largest absolute Gasteiger partial charge is 0.444 e. The molecule has 0 saturated carbocycles. The maximum absolute atomic E-state index is 12.1. The summed E-state index contributed by atoms with van der Waals surface area (Å²) in [6.07, 6.45) is 0.576. The van der Waals surface area contributed by atoms with Gasteiger partial charge in [-0.15, -0.1) is 11.3 Å². The van der Waals surface area contributed by atoms with E-state index in [1.807, 2.05) is 26.2 Å². The molecule has 118 valence electrons. The molecule has 0 aliphatic carbocycles. The second-order valence-corrected chi connectivity index (χ2v) is 8.53. The molecule has 6 heteroatoms. The summed E-state index contributed by atoms with van der Waals surface area (Å²) in [5.41, 5.74) is -0.756. The molecule has 1 aliphatic heterocycles. The average Bonchev–Trinajstić information content (AvgIpc) is 2.92. The summed E-state index contributed by atoms with van der Waals surface area (Å²) >= 11 is 5.11. The van der Waals surface area contributed by atoms with E-state index in [0.29, 0.717) is 19.7 Å². The van der Waals surface area contributed by atoms with Crippen molar-refractivity contribution in [3.63, 3.8) is 0 Å². The van der Waals surface area contributed by atoms with Crippen LogP contribution in [0.1, 0.15) is 39.0 Å². The number of halogens is 1. The minimum Gasteiger partial charge on any atom is -0.444 e. The predicted octanol–water partition coefficient (Wildman–Crippen LogP) is 4.43. The fraction of sp³-hybridized carbons (Fsp3) is 0.667. The number of hydrogen-bond acceptors (Lipinski definition) is 4. The van der Waals surface area contributed by atoms with Crippen molar-refractivity contribution in [3.8, 4) is 0 Å². The van der Waals surface area contributed by atoms with Crippen molar-refractivity contribution in [3.05, 3.63) is 20.8 Å². The molecule has 0 bridgehead atoms. The Morgan fingerprint density at radius 3 is 2.81 bits per heavy atom. The third-order valence-electron chi connectivity index (χ3n) is 3.27. The summed E-state index contributed by atoms with van der Waals surface area (Å²) in [5, 5.41) is 2.04. The minimum atomic E-state index is -0.458. The van der Waals surface area contributed by atoms with Gasteiger partial charge in [0.25, 0.3) is 0 Å². The Morgan fingerprint density at radius 1 is 1.52 bits per heavy atom. The molecule has 1 saturated heterocycles. The Balaban J connectivity index is 1.86. The second-order valence-electron chi connectivity index (χ2n) is 6.62. The van der Waals surface area contributed by atoms with E-state index in [1.165, 1.54) is 4.88 Å². The van der Waals surface area contributed by atoms with Gasteiger partial charge in [0.1, 0.15) is 5.60 Å². The number of likely N-dealkylation sites (tertiary alicyclic amines) is 1. The second kappa shape index (κ2) is 6.26. The lowest BCUT2D eigenvalue weighted by Crippen LogP contribution is -2.39. The highest BCUT2D eigenvalue weighted by molar-refractivity contribution is 9.10. The monoisotopic (exact) mass is 375 g/mol. The van der Waals surface area contributed by atoms with Crippen LogP contribution in [0.15, 0.2) is 15.9 Å². The van der Waals surface area contributed by atoms with Gasteiger partial charge >= 0.3 is 6.09 Å². The first kappa shape index (κ1) is 16.8. The molecule has 0 spiro atoms. The van der Waals surface area contributed by atoms with Crippen molar-refractivity contribution in [1.82, 2.24) is 4.90 Å². The van der Waals surface area contributed by atoms with Gasteiger partial charge in [-0.2, -0.15) is 0 Å². The maximum Gasteiger partial charge on any atom is 0.410 e. The van der Waals surface area contributed by atoms with Crippen LogP contribution in [-0.2, 0) is 16.1 Å². The molecular formula is C15H22BrNO3S. The SMILES string of the molecule is CC(C)(C)OC(=O)N1CCC(C)(OCc2cc(Br)cs2)C1. The fourth-order valence-electron chi connectivity index (χ4n) is 2.21. The van der Waals surface area contributed by atoms with Crippen LogP contribution in [0.4, 0.5) is 4.79 Å². The summed E-state index contributed by atoms with van der Waals surface area (Å²) in [6.45, 7) is 9.53. The van der Waals surface area contributed by atoms with Gasteiger partial charge in [-0.1, -0.05) is 0 Å². The van der Waals surface area contributed by atoms with E-state index in [0.717, 1.165) is 10.9 Å². The first-order valence-electron chi connectivity index (χ1n) is 7.02. The Hall–Kier alpha value is -0.590. The van der Waals surface area contributed by atoms with Crippen molar-refractivity contribution in [2.45, 2.75) is 51.9 Å². The number of nitrogens with zero attached hydrogens (tertiary/aromatic N) is 1. The Kier molecular flexibility index (Phi) is 5.00. The van der Waals surface area contributed by atoms with Crippen LogP contribution in [-0.4, -0.2) is 35.3 Å². The summed E-state index contributed by atoms with van der Waals surface area (Å²) < 4.78 is 12.5. The number of carbonyl (C=O) groups excluding carboxylic acids is 1. The molecule has 1 unspecified atom stereocenters. The highest BCUT2D eigenvalue weighted by atomic mass is 79.9. The highest BCUT2D eigenvalue weighted by Gasteiger charge is 2.38. The molecule has 1 aromatic rings. The standard InChI is InChI=1S/C15H22BrNO3S/c1-14(2,3)20-13(18)17-6-5-15(4,10-17)19-8-12-7-11(16)9-21-12/h7,9H,5-6,8,10H2,1-4H3. The molecule has 1 atom stereocenters. The lowest BCUT2D eigenvalue weighted by atomic mass is 10.1. The van der Waals surface area contributed by atoms with Gasteiger partial charge in [-0.05, 0) is 56.1 Å². The third-order valence-corrected chi connectivity index (χ3v) is 4.94. The van der Waals surface area contributed by atoms with Gasteiger partial charge in [0.05, 0.1) is 18.8 Å². The van der Waals surface area contributed by atoms with Crippen molar-refractivity contribution in [1.29, 1.82) is 0 Å². The van der Waals surface area contributed by atoms with E-state index in [4.69, 9.17) is 9.47 Å². The number of carbonyl (C=O) groups is 1. The van der Waals surface area contributed by atoms with E-state index >= 15 is 0 Å². The van der Waals surface area contributed by atoms with Crippen LogP contribution in [0.3, 0.4) is 0 Å². The van der Waals surface area contributed by atoms with Crippen LogP contribution < -0.4 is 0 Å². The van der Waals surface area contributed by atoms with Gasteiger partial charge in [0.2, 0.25) is 0 Å². The Bertz CT molecular complexity index is 511. The molecule has 2 rings (SSSR count). The molecule has 1 amide bonds. The molecule has 21 heavy (non-hydrogen) atoms. The molecule has 1 fully saturated rings. The quantitative estimate of drug-likeness (QED) is 0.784. The van der Waals surface area contributed by atoms with Crippen LogP contribution >= 0.6 is 27.3 Å². The predicted molar refractivity (Wildman–Crippen MR) is 87.6 cm³/mol. The number of ether oxygens (including phenoxy) is 2. The normalized spacial score (nSPS) is 22.6. The zero-order valence-corrected chi connectivity index (χ0v) is 15.3. The molecule has 0 aromatic carbocycles. The third kappa shape index (κ3) is 4.97. The van der Waals surface area contributed by atoms with Crippen LogP contribution in [0, 0.1) is 0 Å². The lowest BCUT2D eigenvalue weighted by molar-refractivity contribution is -0.0364. The number of amides is 1. The van der Waals surface area contributed by atoms with Crippen LogP contribution in [0.5, 0.6) is 0 Å². The van der Waals surface area contributed by atoms with E-state index in [1.54, 1.807) is 16.2 Å². The van der Waals surface area contributed by atoms with E-state index in [2.05, 4.69) is 28.9 Å². The first-order chi connectivity index (χ1) is 9.67. The lowest BCUT2D eigenvalue weighted by Gasteiger charge is -2.27. The topological polar surface area (TPSA) is 38.8 Å². The van der Waals surface area contributed by atoms with Gasteiger partial charge in [-0.3, -0.25) is 0 Å². The number of rotatable bonds is 3. The fourth-order valence-corrected chi connectivity index (χ4v) is 3.57. The molecule has 0 radical (unpaired) electrons. The van der Waals surface area contributed by atoms with E-state index in [9.17, 15) is 4.79 Å². The molecule has 1 aliphatic rings. The van der Waals surface area contributed by atoms with Crippen molar-refractivity contribution >= 4 is 33.4 Å². The Morgan fingerprint density at radius 2 is 2.24 bits per heavy atom. The van der Waals surface area contributed by atoms with Crippen molar-refractivity contribution in [2.24, 2.45) is 0 Å². The maximum atomic E-state index is 12.1. The van der Waals surface area contributed by atoms with Crippen LogP contribution in [0.2, 0.25) is 0 Å². The summed E-state index contributed by atoms with van der Waals surface area (Å²) in [7, 11) is 0. The van der Waals surface area contributed by atoms with Gasteiger partial charge < -0.3 is 14.4 Å². The smallest absolute Gasteiger partial charge is 0.410 e. The summed E-state index contributed by atoms with van der Waals surface area (Å²) in [5.74, 6) is 0.